The summed E-state index contributed by atoms with van der Waals surface area (Å²) in [6, 6.07) is 2.59. The molecule has 2 heterocycles. The summed E-state index contributed by atoms with van der Waals surface area (Å²) in [4.78, 5) is 15.6. The summed E-state index contributed by atoms with van der Waals surface area (Å²) in [5.74, 6) is 0.107. The van der Waals surface area contributed by atoms with E-state index in [4.69, 9.17) is 9.84 Å². The molecule has 1 aromatic rings. The van der Waals surface area contributed by atoms with Crippen molar-refractivity contribution < 1.29 is 9.53 Å². The van der Waals surface area contributed by atoms with Gasteiger partial charge in [-0.05, 0) is 58.1 Å². The van der Waals surface area contributed by atoms with Gasteiger partial charge in [0, 0.05) is 37.4 Å². The number of ether oxygens (including phenoxy) is 1. The van der Waals surface area contributed by atoms with E-state index in [2.05, 4.69) is 24.1 Å². The van der Waals surface area contributed by atoms with Gasteiger partial charge in [0.25, 0.3) is 5.91 Å². The fraction of sp³-hybridized carbons (Fsp3) is 0.818. The van der Waals surface area contributed by atoms with Crippen molar-refractivity contribution in [2.24, 2.45) is 5.41 Å². The highest BCUT2D eigenvalue weighted by Crippen LogP contribution is 2.56. The number of nitrogens with one attached hydrogen (secondary N) is 1. The minimum absolute atomic E-state index is 0. The molecular formula is C22H37ClN4O2. The Balaban J connectivity index is 0.00000240. The summed E-state index contributed by atoms with van der Waals surface area (Å²) in [6.45, 7) is 7.83. The van der Waals surface area contributed by atoms with Gasteiger partial charge in [0.1, 0.15) is 5.69 Å². The molecule has 2 aliphatic carbocycles. The molecule has 6 nitrogen and oxygen atoms in total. The van der Waals surface area contributed by atoms with Gasteiger partial charge in [0.05, 0.1) is 12.1 Å². The molecule has 29 heavy (non-hydrogen) atoms. The van der Waals surface area contributed by atoms with Crippen molar-refractivity contribution in [3.05, 3.63) is 18.0 Å². The monoisotopic (exact) mass is 424 g/mol. The van der Waals surface area contributed by atoms with Gasteiger partial charge < -0.3 is 15.0 Å². The number of aromatic nitrogens is 2. The number of nitrogens with zero attached hydrogens (tertiary/aromatic N) is 3. The van der Waals surface area contributed by atoms with Gasteiger partial charge in [-0.2, -0.15) is 5.10 Å². The van der Waals surface area contributed by atoms with E-state index in [9.17, 15) is 4.79 Å². The minimum Gasteiger partial charge on any atom is -0.378 e. The van der Waals surface area contributed by atoms with Gasteiger partial charge in [-0.15, -0.1) is 12.4 Å². The Hall–Kier alpha value is -1.11. The molecule has 1 aromatic heterocycles. The first-order valence-corrected chi connectivity index (χ1v) is 11.4. The Bertz CT molecular complexity index is 668. The summed E-state index contributed by atoms with van der Waals surface area (Å²) in [7, 11) is 0. The molecule has 2 saturated carbocycles. The fourth-order valence-electron chi connectivity index (χ4n) is 5.79. The number of rotatable bonds is 7. The largest absolute Gasteiger partial charge is 0.378 e. The molecule has 3 unspecified atom stereocenters. The highest BCUT2D eigenvalue weighted by molar-refractivity contribution is 5.92. The molecule has 1 spiro atoms. The smallest absolute Gasteiger partial charge is 0.274 e. The Morgan fingerprint density at radius 1 is 1.34 bits per heavy atom. The zero-order valence-corrected chi connectivity index (χ0v) is 18.8. The van der Waals surface area contributed by atoms with Crippen molar-refractivity contribution >= 4 is 18.3 Å². The molecular weight excluding hydrogens is 388 g/mol. The van der Waals surface area contributed by atoms with Gasteiger partial charge in [-0.1, -0.05) is 19.8 Å². The summed E-state index contributed by atoms with van der Waals surface area (Å²) in [5, 5.41) is 8.13. The Morgan fingerprint density at radius 2 is 2.14 bits per heavy atom. The van der Waals surface area contributed by atoms with E-state index in [1.54, 1.807) is 0 Å². The SMILES string of the molecule is CCCN(C(=O)c1ccn(C2CCCNC2)n1)C1CC(OCC)C12CCCC2.Cl. The van der Waals surface area contributed by atoms with E-state index in [-0.39, 0.29) is 23.7 Å². The van der Waals surface area contributed by atoms with E-state index >= 15 is 0 Å². The van der Waals surface area contributed by atoms with Gasteiger partial charge in [0.2, 0.25) is 0 Å². The summed E-state index contributed by atoms with van der Waals surface area (Å²) >= 11 is 0. The predicted molar refractivity (Wildman–Crippen MR) is 117 cm³/mol. The number of halogens is 1. The molecule has 4 rings (SSSR count). The first-order chi connectivity index (χ1) is 13.7. The summed E-state index contributed by atoms with van der Waals surface area (Å²) < 4.78 is 8.08. The number of carbonyl (C=O) groups is 1. The summed E-state index contributed by atoms with van der Waals surface area (Å²) in [5.41, 5.74) is 0.781. The van der Waals surface area contributed by atoms with Crippen molar-refractivity contribution in [1.82, 2.24) is 20.0 Å². The third-order valence-electron chi connectivity index (χ3n) is 7.22. The lowest BCUT2D eigenvalue weighted by Gasteiger charge is -2.57. The van der Waals surface area contributed by atoms with Crippen LogP contribution in [0.4, 0.5) is 0 Å². The molecule has 1 saturated heterocycles. The maximum atomic E-state index is 13.5. The molecule has 1 N–H and O–H groups in total. The first kappa shape index (κ1) is 22.6. The predicted octanol–water partition coefficient (Wildman–Crippen LogP) is 3.82. The molecule has 164 valence electrons. The standard InChI is InChI=1S/C22H36N4O2.ClH/c1-3-13-25(19-15-20(28-4-2)22(19)10-5-6-11-22)21(27)18-9-14-26(24-18)17-8-7-12-23-16-17;/h9,14,17,19-20,23H,3-8,10-13,15-16H2,1-2H3;1H. The number of hydrogen-bond donors (Lipinski definition) is 1. The second-order valence-electron chi connectivity index (χ2n) is 8.82. The van der Waals surface area contributed by atoms with Crippen LogP contribution in [0.15, 0.2) is 12.3 Å². The quantitative estimate of drug-likeness (QED) is 0.722. The van der Waals surface area contributed by atoms with Crippen LogP contribution in [0.2, 0.25) is 0 Å². The van der Waals surface area contributed by atoms with Crippen molar-refractivity contribution in [3.63, 3.8) is 0 Å². The number of carbonyl (C=O) groups excluding carboxylic acids is 1. The van der Waals surface area contributed by atoms with Gasteiger partial charge in [-0.25, -0.2) is 0 Å². The normalized spacial score (nSPS) is 28.0. The van der Waals surface area contributed by atoms with Crippen LogP contribution in [0, 0.1) is 5.41 Å². The lowest BCUT2D eigenvalue weighted by molar-refractivity contribution is -0.156. The lowest BCUT2D eigenvalue weighted by Crippen LogP contribution is -2.65. The average molecular weight is 425 g/mol. The minimum atomic E-state index is 0. The van der Waals surface area contributed by atoms with E-state index in [0.717, 1.165) is 45.5 Å². The van der Waals surface area contributed by atoms with Crippen LogP contribution in [0.5, 0.6) is 0 Å². The van der Waals surface area contributed by atoms with Crippen LogP contribution < -0.4 is 5.32 Å². The third kappa shape index (κ3) is 4.21. The van der Waals surface area contributed by atoms with E-state index in [1.165, 1.54) is 32.1 Å². The Morgan fingerprint density at radius 3 is 2.79 bits per heavy atom. The molecule has 0 aromatic carbocycles. The maximum Gasteiger partial charge on any atom is 0.274 e. The highest BCUT2D eigenvalue weighted by atomic mass is 35.5. The van der Waals surface area contributed by atoms with Crippen LogP contribution in [-0.4, -0.2) is 59.0 Å². The maximum absolute atomic E-state index is 13.5. The molecule has 3 atom stereocenters. The molecule has 3 fully saturated rings. The Labute approximate surface area is 181 Å². The molecule has 0 bridgehead atoms. The zero-order valence-electron chi connectivity index (χ0n) is 17.9. The topological polar surface area (TPSA) is 59.4 Å². The number of piperidine rings is 1. The fourth-order valence-corrected chi connectivity index (χ4v) is 5.79. The van der Waals surface area contributed by atoms with E-state index in [1.807, 2.05) is 16.9 Å². The molecule has 1 aliphatic heterocycles. The van der Waals surface area contributed by atoms with E-state index < -0.39 is 0 Å². The molecule has 1 amide bonds. The van der Waals surface area contributed by atoms with Crippen LogP contribution in [0.25, 0.3) is 0 Å². The van der Waals surface area contributed by atoms with Crippen molar-refractivity contribution in [3.8, 4) is 0 Å². The lowest BCUT2D eigenvalue weighted by atomic mass is 9.59. The molecule has 3 aliphatic rings. The Kier molecular flexibility index (Phi) is 7.63. The van der Waals surface area contributed by atoms with Crippen molar-refractivity contribution in [1.29, 1.82) is 0 Å². The van der Waals surface area contributed by atoms with Gasteiger partial charge in [-0.3, -0.25) is 9.48 Å². The third-order valence-corrected chi connectivity index (χ3v) is 7.22. The van der Waals surface area contributed by atoms with Crippen LogP contribution in [0.3, 0.4) is 0 Å². The van der Waals surface area contributed by atoms with Crippen molar-refractivity contribution in [2.45, 2.75) is 83.4 Å². The second-order valence-corrected chi connectivity index (χ2v) is 8.82. The van der Waals surface area contributed by atoms with E-state index in [0.29, 0.717) is 23.9 Å². The molecule has 7 heteroatoms. The zero-order chi connectivity index (χ0) is 19.6. The van der Waals surface area contributed by atoms with Crippen LogP contribution in [-0.2, 0) is 4.74 Å². The first-order valence-electron chi connectivity index (χ1n) is 11.4. The summed E-state index contributed by atoms with van der Waals surface area (Å²) in [6.07, 6.45) is 11.5. The highest BCUT2D eigenvalue weighted by Gasteiger charge is 2.59. The van der Waals surface area contributed by atoms with Crippen LogP contribution >= 0.6 is 12.4 Å². The number of amides is 1. The second kappa shape index (κ2) is 9.80. The number of hydrogen-bond acceptors (Lipinski definition) is 4. The van der Waals surface area contributed by atoms with Crippen LogP contribution in [0.1, 0.15) is 81.7 Å². The average Bonchev–Trinajstić information content (AvgIpc) is 3.41. The van der Waals surface area contributed by atoms with Gasteiger partial charge >= 0.3 is 0 Å². The van der Waals surface area contributed by atoms with Crippen molar-refractivity contribution in [2.75, 3.05) is 26.2 Å². The molecule has 0 radical (unpaired) electrons. The van der Waals surface area contributed by atoms with Gasteiger partial charge in [0.15, 0.2) is 0 Å².